The monoisotopic (exact) mass is 366 g/mol. The quantitative estimate of drug-likeness (QED) is 0.816. The molecule has 26 heavy (non-hydrogen) atoms. The van der Waals surface area contributed by atoms with Crippen LogP contribution in [0, 0.1) is 6.92 Å². The number of rotatable bonds is 5. The summed E-state index contributed by atoms with van der Waals surface area (Å²) in [7, 11) is 0. The second-order valence-electron chi connectivity index (χ2n) is 6.02. The highest BCUT2D eigenvalue weighted by molar-refractivity contribution is 5.78. The van der Waals surface area contributed by atoms with Crippen molar-refractivity contribution >= 4 is 5.91 Å². The maximum absolute atomic E-state index is 12.7. The summed E-state index contributed by atoms with van der Waals surface area (Å²) in [5.41, 5.74) is 0.274. The number of benzene rings is 1. The molecule has 0 saturated carbocycles. The van der Waals surface area contributed by atoms with Gasteiger partial charge in [-0.15, -0.1) is 0 Å². The van der Waals surface area contributed by atoms with Gasteiger partial charge in [0.1, 0.15) is 11.9 Å². The molecular formula is C18H17F3N2O3. The Morgan fingerprint density at radius 2 is 1.92 bits per heavy atom. The zero-order valence-electron chi connectivity index (χ0n) is 14.0. The molecule has 0 N–H and O–H groups in total. The third-order valence-corrected chi connectivity index (χ3v) is 3.93. The summed E-state index contributed by atoms with van der Waals surface area (Å²) >= 11 is 0. The van der Waals surface area contributed by atoms with Crippen molar-refractivity contribution < 1.29 is 27.4 Å². The fourth-order valence-corrected chi connectivity index (χ4v) is 2.41. The Labute approximate surface area is 148 Å². The average molecular weight is 366 g/mol. The molecule has 1 aromatic heterocycles. The summed E-state index contributed by atoms with van der Waals surface area (Å²) in [4.78, 5) is 17.3. The van der Waals surface area contributed by atoms with E-state index in [9.17, 15) is 18.0 Å². The number of carbonyl (C=O) groups is 1. The Bertz CT molecular complexity index is 772. The summed E-state index contributed by atoms with van der Waals surface area (Å²) < 4.78 is 48.8. The van der Waals surface area contributed by atoms with Crippen LogP contribution < -0.4 is 9.47 Å². The standard InChI is InChI=1S/C18H17F3N2O3/c1-12-2-4-14(5-3-12)25-11-17(24)23-9-15(10-23)26-16-8-13(6-7-22-16)18(19,20)21/h2-8,15H,9-11H2,1H3. The zero-order valence-corrected chi connectivity index (χ0v) is 14.0. The first-order valence-corrected chi connectivity index (χ1v) is 7.98. The molecule has 8 heteroatoms. The summed E-state index contributed by atoms with van der Waals surface area (Å²) in [5, 5.41) is 0. The fourth-order valence-electron chi connectivity index (χ4n) is 2.41. The second-order valence-corrected chi connectivity index (χ2v) is 6.02. The SMILES string of the molecule is Cc1ccc(OCC(=O)N2CC(Oc3cc(C(F)(F)F)ccn3)C2)cc1. The molecule has 1 aliphatic heterocycles. The highest BCUT2D eigenvalue weighted by atomic mass is 19.4. The van der Waals surface area contributed by atoms with Crippen LogP contribution in [-0.4, -0.2) is 41.6 Å². The lowest BCUT2D eigenvalue weighted by molar-refractivity contribution is -0.142. The van der Waals surface area contributed by atoms with Crippen molar-refractivity contribution in [1.82, 2.24) is 9.88 Å². The fraction of sp³-hybridized carbons (Fsp3) is 0.333. The Morgan fingerprint density at radius 1 is 1.23 bits per heavy atom. The third kappa shape index (κ3) is 4.44. The molecule has 2 aromatic rings. The van der Waals surface area contributed by atoms with E-state index in [4.69, 9.17) is 9.47 Å². The maximum atomic E-state index is 12.7. The first-order chi connectivity index (χ1) is 12.3. The average Bonchev–Trinajstić information content (AvgIpc) is 2.56. The van der Waals surface area contributed by atoms with Crippen LogP contribution in [0.1, 0.15) is 11.1 Å². The lowest BCUT2D eigenvalue weighted by Gasteiger charge is -2.38. The van der Waals surface area contributed by atoms with E-state index in [1.807, 2.05) is 19.1 Å². The number of hydrogen-bond donors (Lipinski definition) is 0. The van der Waals surface area contributed by atoms with Gasteiger partial charge in [0, 0.05) is 12.3 Å². The van der Waals surface area contributed by atoms with Crippen LogP contribution in [0.4, 0.5) is 13.2 Å². The van der Waals surface area contributed by atoms with Gasteiger partial charge in [-0.05, 0) is 25.1 Å². The van der Waals surface area contributed by atoms with Crippen LogP contribution in [0.15, 0.2) is 42.6 Å². The van der Waals surface area contributed by atoms with Gasteiger partial charge < -0.3 is 14.4 Å². The van der Waals surface area contributed by atoms with Crippen LogP contribution in [0.2, 0.25) is 0 Å². The molecule has 0 atom stereocenters. The minimum Gasteiger partial charge on any atom is -0.484 e. The number of likely N-dealkylation sites (tertiary alicyclic amines) is 1. The van der Waals surface area contributed by atoms with Crippen molar-refractivity contribution in [1.29, 1.82) is 0 Å². The Hall–Kier alpha value is -2.77. The largest absolute Gasteiger partial charge is 0.484 e. The molecule has 1 aliphatic rings. The number of aryl methyl sites for hydroxylation is 1. The van der Waals surface area contributed by atoms with Crippen molar-refractivity contribution in [2.24, 2.45) is 0 Å². The van der Waals surface area contributed by atoms with Crippen LogP contribution in [0.25, 0.3) is 0 Å². The molecule has 0 aliphatic carbocycles. The number of pyridine rings is 1. The first kappa shape index (κ1) is 18.0. The number of aromatic nitrogens is 1. The number of ether oxygens (including phenoxy) is 2. The van der Waals surface area contributed by atoms with E-state index in [2.05, 4.69) is 4.98 Å². The lowest BCUT2D eigenvalue weighted by atomic mass is 10.1. The Morgan fingerprint density at radius 3 is 2.58 bits per heavy atom. The molecule has 138 valence electrons. The number of carbonyl (C=O) groups excluding carboxylic acids is 1. The van der Waals surface area contributed by atoms with Gasteiger partial charge in [-0.1, -0.05) is 17.7 Å². The number of amides is 1. The van der Waals surface area contributed by atoms with E-state index < -0.39 is 11.7 Å². The first-order valence-electron chi connectivity index (χ1n) is 7.98. The molecule has 0 radical (unpaired) electrons. The van der Waals surface area contributed by atoms with Crippen molar-refractivity contribution in [2.45, 2.75) is 19.2 Å². The molecule has 1 fully saturated rings. The van der Waals surface area contributed by atoms with Gasteiger partial charge in [-0.25, -0.2) is 4.98 Å². The van der Waals surface area contributed by atoms with E-state index in [0.717, 1.165) is 23.9 Å². The zero-order chi connectivity index (χ0) is 18.7. The molecule has 0 spiro atoms. The Kier molecular flexibility index (Phi) is 5.01. The van der Waals surface area contributed by atoms with Crippen LogP contribution in [0.5, 0.6) is 11.6 Å². The predicted molar refractivity (Wildman–Crippen MR) is 86.9 cm³/mol. The summed E-state index contributed by atoms with van der Waals surface area (Å²) in [6.45, 7) is 2.42. The van der Waals surface area contributed by atoms with Gasteiger partial charge in [-0.3, -0.25) is 4.79 Å². The Balaban J connectivity index is 1.45. The summed E-state index contributed by atoms with van der Waals surface area (Å²) in [6, 6.07) is 9.06. The number of alkyl halides is 3. The number of halogens is 3. The van der Waals surface area contributed by atoms with E-state index in [0.29, 0.717) is 5.75 Å². The summed E-state index contributed by atoms with van der Waals surface area (Å²) in [6.07, 6.45) is -3.78. The highest BCUT2D eigenvalue weighted by Gasteiger charge is 2.34. The van der Waals surface area contributed by atoms with E-state index >= 15 is 0 Å². The van der Waals surface area contributed by atoms with Gasteiger partial charge in [0.2, 0.25) is 5.88 Å². The molecule has 0 bridgehead atoms. The molecule has 0 unspecified atom stereocenters. The van der Waals surface area contributed by atoms with Gasteiger partial charge in [0.25, 0.3) is 5.91 Å². The van der Waals surface area contributed by atoms with Crippen molar-refractivity contribution in [3.05, 3.63) is 53.7 Å². The second kappa shape index (κ2) is 7.23. The molecule has 1 aromatic carbocycles. The van der Waals surface area contributed by atoms with E-state index in [1.54, 1.807) is 12.1 Å². The van der Waals surface area contributed by atoms with Gasteiger partial charge in [-0.2, -0.15) is 13.2 Å². The molecule has 3 rings (SSSR count). The van der Waals surface area contributed by atoms with Crippen LogP contribution in [0.3, 0.4) is 0 Å². The van der Waals surface area contributed by atoms with Gasteiger partial charge in [0.15, 0.2) is 6.61 Å². The highest BCUT2D eigenvalue weighted by Crippen LogP contribution is 2.31. The normalized spacial score (nSPS) is 14.7. The van der Waals surface area contributed by atoms with Crippen molar-refractivity contribution in [2.75, 3.05) is 19.7 Å². The third-order valence-electron chi connectivity index (χ3n) is 3.93. The van der Waals surface area contributed by atoms with Crippen LogP contribution >= 0.6 is 0 Å². The predicted octanol–water partition coefficient (Wildman–Crippen LogP) is 3.08. The molecular weight excluding hydrogens is 349 g/mol. The van der Waals surface area contributed by atoms with Gasteiger partial charge in [0.05, 0.1) is 18.7 Å². The molecule has 2 heterocycles. The van der Waals surface area contributed by atoms with E-state index in [1.165, 1.54) is 4.90 Å². The lowest BCUT2D eigenvalue weighted by Crippen LogP contribution is -2.57. The minimum atomic E-state index is -4.45. The summed E-state index contributed by atoms with van der Waals surface area (Å²) in [5.74, 6) is 0.292. The molecule has 1 saturated heterocycles. The maximum Gasteiger partial charge on any atom is 0.416 e. The van der Waals surface area contributed by atoms with Crippen molar-refractivity contribution in [3.63, 3.8) is 0 Å². The molecule has 5 nitrogen and oxygen atoms in total. The topological polar surface area (TPSA) is 51.7 Å². The number of hydrogen-bond acceptors (Lipinski definition) is 4. The smallest absolute Gasteiger partial charge is 0.416 e. The minimum absolute atomic E-state index is 0.0996. The van der Waals surface area contributed by atoms with Gasteiger partial charge >= 0.3 is 6.18 Å². The molecule has 1 amide bonds. The van der Waals surface area contributed by atoms with E-state index in [-0.39, 0.29) is 37.6 Å². The number of nitrogens with zero attached hydrogens (tertiary/aromatic N) is 2. The van der Waals surface area contributed by atoms with Crippen molar-refractivity contribution in [3.8, 4) is 11.6 Å². The van der Waals surface area contributed by atoms with Crippen LogP contribution in [-0.2, 0) is 11.0 Å².